The van der Waals surface area contributed by atoms with E-state index in [1.165, 1.54) is 0 Å². The van der Waals surface area contributed by atoms with Crippen LogP contribution in [-0.2, 0) is 6.42 Å². The number of carbonyl (C=O) groups excluding carboxylic acids is 1. The van der Waals surface area contributed by atoms with Crippen molar-refractivity contribution < 1.29 is 14.3 Å². The van der Waals surface area contributed by atoms with Crippen molar-refractivity contribution in [1.82, 2.24) is 20.1 Å². The number of hydrogen-bond donors (Lipinski definition) is 1. The number of hydrogen-bond acceptors (Lipinski definition) is 6. The highest BCUT2D eigenvalue weighted by Crippen LogP contribution is 2.43. The quantitative estimate of drug-likeness (QED) is 0.704. The van der Waals surface area contributed by atoms with Gasteiger partial charge in [-0.15, -0.1) is 5.10 Å². The number of nitrogens with zero attached hydrogens (tertiary/aromatic N) is 5. The molecule has 1 aromatic carbocycles. The topological polar surface area (TPSA) is 84.8 Å². The number of pyridine rings is 1. The summed E-state index contributed by atoms with van der Waals surface area (Å²) in [7, 11) is 0. The molecule has 9 heteroatoms. The molecule has 6 rings (SSSR count). The van der Waals surface area contributed by atoms with Crippen molar-refractivity contribution in [2.45, 2.75) is 20.3 Å². The molecule has 3 aromatic rings. The van der Waals surface area contributed by atoms with Crippen molar-refractivity contribution in [2.24, 2.45) is 0 Å². The molecule has 0 bridgehead atoms. The maximum atomic E-state index is 12.0. The molecule has 2 amide bonds. The second-order valence-corrected chi connectivity index (χ2v) is 7.98. The summed E-state index contributed by atoms with van der Waals surface area (Å²) in [5.41, 5.74) is 5.23. The Balaban J connectivity index is 1.41. The highest BCUT2D eigenvalue weighted by atomic mass is 16.7. The third-order valence-electron chi connectivity index (χ3n) is 5.99. The first-order valence-corrected chi connectivity index (χ1v) is 10.4. The van der Waals surface area contributed by atoms with Gasteiger partial charge in [0.25, 0.3) is 0 Å². The second kappa shape index (κ2) is 6.63. The summed E-state index contributed by atoms with van der Waals surface area (Å²) in [6.45, 7) is 6.41. The molecule has 31 heavy (non-hydrogen) atoms. The van der Waals surface area contributed by atoms with Gasteiger partial charge in [0.1, 0.15) is 5.82 Å². The Hall–Kier alpha value is -3.75. The molecule has 0 radical (unpaired) electrons. The Labute approximate surface area is 179 Å². The summed E-state index contributed by atoms with van der Waals surface area (Å²) in [5, 5.41) is 7.51. The fourth-order valence-corrected chi connectivity index (χ4v) is 4.50. The van der Waals surface area contributed by atoms with E-state index in [1.807, 2.05) is 36.0 Å². The molecule has 3 aliphatic heterocycles. The number of carbonyl (C=O) groups is 1. The first-order chi connectivity index (χ1) is 15.1. The van der Waals surface area contributed by atoms with E-state index in [2.05, 4.69) is 23.2 Å². The number of nitrogens with one attached hydrogen (secondary N) is 1. The van der Waals surface area contributed by atoms with Gasteiger partial charge in [0.15, 0.2) is 17.3 Å². The van der Waals surface area contributed by atoms with E-state index in [-0.39, 0.29) is 12.8 Å². The highest BCUT2D eigenvalue weighted by Gasteiger charge is 2.29. The van der Waals surface area contributed by atoms with Gasteiger partial charge >= 0.3 is 6.03 Å². The average Bonchev–Trinajstić information content (AvgIpc) is 3.53. The van der Waals surface area contributed by atoms with Crippen molar-refractivity contribution in [3.63, 3.8) is 0 Å². The smallest absolute Gasteiger partial charge is 0.323 e. The number of ether oxygens (including phenoxy) is 2. The van der Waals surface area contributed by atoms with Gasteiger partial charge in [0.2, 0.25) is 6.79 Å². The number of aryl methyl sites for hydroxylation is 2. The molecule has 0 spiro atoms. The van der Waals surface area contributed by atoms with Crippen LogP contribution in [0.5, 0.6) is 11.5 Å². The minimum absolute atomic E-state index is 0.106. The molecule has 0 saturated carbocycles. The van der Waals surface area contributed by atoms with E-state index in [1.54, 1.807) is 4.90 Å². The third-order valence-corrected chi connectivity index (χ3v) is 5.99. The second-order valence-electron chi connectivity index (χ2n) is 7.98. The zero-order valence-electron chi connectivity index (χ0n) is 17.4. The number of aromatic nitrogens is 3. The number of fused-ring (bicyclic) bond motifs is 2. The van der Waals surface area contributed by atoms with Crippen LogP contribution in [0.15, 0.2) is 30.5 Å². The number of amides is 2. The molecule has 158 valence electrons. The van der Waals surface area contributed by atoms with Crippen LogP contribution in [-0.4, -0.2) is 47.2 Å². The van der Waals surface area contributed by atoms with Gasteiger partial charge in [0.05, 0.1) is 5.69 Å². The molecule has 3 aliphatic rings. The van der Waals surface area contributed by atoms with Crippen molar-refractivity contribution in [3.05, 3.63) is 47.3 Å². The summed E-state index contributed by atoms with van der Waals surface area (Å²) in [6, 6.07) is 7.88. The first-order valence-electron chi connectivity index (χ1n) is 10.4. The van der Waals surface area contributed by atoms with Crippen LogP contribution in [0.1, 0.15) is 16.8 Å². The number of urea groups is 1. The lowest BCUT2D eigenvalue weighted by molar-refractivity contribution is 0.174. The molecular weight excluding hydrogens is 396 g/mol. The number of benzene rings is 1. The van der Waals surface area contributed by atoms with E-state index < -0.39 is 0 Å². The van der Waals surface area contributed by atoms with Crippen LogP contribution < -0.4 is 24.6 Å². The van der Waals surface area contributed by atoms with Crippen molar-refractivity contribution in [1.29, 1.82) is 0 Å². The Bertz CT molecular complexity index is 1220. The molecule has 2 aromatic heterocycles. The highest BCUT2D eigenvalue weighted by molar-refractivity contribution is 5.93. The standard InChI is InChI=1S/C22H22N6O3/c1-13-9-18-19(31-12-30-18)11-16(13)26-6-3-15-17(10-14(2)24-21(15)26)28-7-4-20(25-28)27-8-5-23-22(27)29/h4,7,9-11H,3,5-6,8,12H2,1-2H3,(H,23,29). The lowest BCUT2D eigenvalue weighted by Crippen LogP contribution is -2.28. The fourth-order valence-electron chi connectivity index (χ4n) is 4.50. The van der Waals surface area contributed by atoms with Gasteiger partial charge in [-0.2, -0.15) is 0 Å². The number of anilines is 3. The molecule has 9 nitrogen and oxygen atoms in total. The van der Waals surface area contributed by atoms with Gasteiger partial charge in [-0.05, 0) is 38.0 Å². The molecule has 0 unspecified atom stereocenters. The van der Waals surface area contributed by atoms with Crippen LogP contribution in [0.25, 0.3) is 5.69 Å². The normalized spacial score (nSPS) is 16.8. The van der Waals surface area contributed by atoms with Gasteiger partial charge in [-0.1, -0.05) is 0 Å². The van der Waals surface area contributed by atoms with Crippen LogP contribution in [0.3, 0.4) is 0 Å². The Kier molecular flexibility index (Phi) is 3.86. The Morgan fingerprint density at radius 3 is 2.68 bits per heavy atom. The molecule has 1 N–H and O–H groups in total. The molecule has 5 heterocycles. The summed E-state index contributed by atoms with van der Waals surface area (Å²) in [6.07, 6.45) is 2.76. The van der Waals surface area contributed by atoms with E-state index in [4.69, 9.17) is 19.6 Å². The monoisotopic (exact) mass is 418 g/mol. The van der Waals surface area contributed by atoms with Crippen LogP contribution in [0.2, 0.25) is 0 Å². The van der Waals surface area contributed by atoms with Crippen LogP contribution in [0.4, 0.5) is 22.1 Å². The molecule has 1 saturated heterocycles. The van der Waals surface area contributed by atoms with E-state index in [0.29, 0.717) is 18.9 Å². The van der Waals surface area contributed by atoms with Crippen molar-refractivity contribution >= 4 is 23.4 Å². The fraction of sp³-hybridized carbons (Fsp3) is 0.318. The average molecular weight is 418 g/mol. The van der Waals surface area contributed by atoms with Crippen LogP contribution in [0, 0.1) is 13.8 Å². The van der Waals surface area contributed by atoms with Gasteiger partial charge < -0.3 is 19.7 Å². The van der Waals surface area contributed by atoms with Gasteiger partial charge in [0, 0.05) is 54.9 Å². The minimum Gasteiger partial charge on any atom is -0.454 e. The molecule has 0 aliphatic carbocycles. The maximum Gasteiger partial charge on any atom is 0.323 e. The Morgan fingerprint density at radius 2 is 1.87 bits per heavy atom. The molecule has 1 fully saturated rings. The predicted octanol–water partition coefficient (Wildman–Crippen LogP) is 2.84. The summed E-state index contributed by atoms with van der Waals surface area (Å²) >= 11 is 0. The summed E-state index contributed by atoms with van der Waals surface area (Å²) < 4.78 is 13.0. The number of rotatable bonds is 3. The van der Waals surface area contributed by atoms with Crippen LogP contribution >= 0.6 is 0 Å². The Morgan fingerprint density at radius 1 is 1.03 bits per heavy atom. The maximum absolute atomic E-state index is 12.0. The van der Waals surface area contributed by atoms with Crippen molar-refractivity contribution in [2.75, 3.05) is 36.2 Å². The lowest BCUT2D eigenvalue weighted by atomic mass is 10.1. The van der Waals surface area contributed by atoms with Gasteiger partial charge in [-0.3, -0.25) is 4.90 Å². The third kappa shape index (κ3) is 2.80. The summed E-state index contributed by atoms with van der Waals surface area (Å²) in [5.74, 6) is 3.14. The van der Waals surface area contributed by atoms with E-state index in [0.717, 1.165) is 58.5 Å². The SMILES string of the molecule is Cc1cc(-n2ccc(N3CCNC3=O)n2)c2c(n1)N(c1cc3c(cc1C)OCO3)CC2. The lowest BCUT2D eigenvalue weighted by Gasteiger charge is -2.22. The molecular formula is C22H22N6O3. The minimum atomic E-state index is -0.106. The zero-order valence-corrected chi connectivity index (χ0v) is 17.4. The van der Waals surface area contributed by atoms with E-state index >= 15 is 0 Å². The summed E-state index contributed by atoms with van der Waals surface area (Å²) in [4.78, 5) is 20.8. The predicted molar refractivity (Wildman–Crippen MR) is 115 cm³/mol. The van der Waals surface area contributed by atoms with E-state index in [9.17, 15) is 4.79 Å². The molecule has 0 atom stereocenters. The largest absolute Gasteiger partial charge is 0.454 e. The van der Waals surface area contributed by atoms with Gasteiger partial charge in [-0.25, -0.2) is 14.5 Å². The first kappa shape index (κ1) is 18.1. The van der Waals surface area contributed by atoms with Crippen molar-refractivity contribution in [3.8, 4) is 17.2 Å². The zero-order chi connectivity index (χ0) is 21.1.